The minimum Gasteiger partial charge on any atom is -0.505 e. The van der Waals surface area contributed by atoms with Crippen LogP contribution in [0.15, 0.2) is 83.0 Å². The molecule has 0 atom stereocenters. The monoisotopic (exact) mass is 448 g/mol. The molecule has 0 spiro atoms. The molecule has 7 heteroatoms. The topological polar surface area (TPSA) is 88.3 Å². The number of azo groups is 1. The molecule has 6 nitrogen and oxygen atoms in total. The number of benzene rings is 3. The Morgan fingerprint density at radius 2 is 1.72 bits per heavy atom. The van der Waals surface area contributed by atoms with E-state index in [0.29, 0.717) is 21.8 Å². The van der Waals surface area contributed by atoms with Crippen molar-refractivity contribution in [2.45, 2.75) is 20.5 Å². The summed E-state index contributed by atoms with van der Waals surface area (Å²) in [5.74, 6) is -0.971. The van der Waals surface area contributed by atoms with E-state index in [1.165, 1.54) is 6.07 Å². The molecule has 162 valence electrons. The van der Waals surface area contributed by atoms with Crippen molar-refractivity contribution in [3.05, 3.63) is 100 Å². The van der Waals surface area contributed by atoms with E-state index in [1.807, 2.05) is 13.0 Å². The summed E-state index contributed by atoms with van der Waals surface area (Å²) in [5.41, 5.74) is 2.69. The van der Waals surface area contributed by atoms with Crippen LogP contribution in [-0.4, -0.2) is 16.9 Å². The van der Waals surface area contributed by atoms with Gasteiger partial charge in [-0.1, -0.05) is 48.5 Å². The number of ether oxygens (including phenoxy) is 1. The Balaban J connectivity index is 1.94. The summed E-state index contributed by atoms with van der Waals surface area (Å²) in [4.78, 5) is 24.6. The van der Waals surface area contributed by atoms with Gasteiger partial charge >= 0.3 is 5.97 Å². The number of esters is 1. The maximum atomic E-state index is 12.9. The third-order valence-electron chi connectivity index (χ3n) is 4.52. The predicted molar refractivity (Wildman–Crippen MR) is 123 cm³/mol. The Hall–Kier alpha value is -3.77. The number of aromatic hydroxyl groups is 1. The molecule has 0 saturated carbocycles. The number of hydrogen-bond acceptors (Lipinski definition) is 6. The van der Waals surface area contributed by atoms with Crippen LogP contribution in [-0.2, 0) is 16.1 Å². The standard InChI is InChI=1S/C25H21ClN2O4/c1-15(2)25(31)32-14-18-11-16(3)12-22(24(18)30)28-27-21-10-9-19(26)13-20(21)23(29)17-7-5-4-6-8-17/h4-13,30H,1,14H2,2-3H3/b28-27+. The van der Waals surface area contributed by atoms with Crippen molar-refractivity contribution in [3.8, 4) is 5.75 Å². The number of halogens is 1. The van der Waals surface area contributed by atoms with Gasteiger partial charge in [0.2, 0.25) is 0 Å². The van der Waals surface area contributed by atoms with Crippen LogP contribution < -0.4 is 0 Å². The van der Waals surface area contributed by atoms with Crippen LogP contribution in [0, 0.1) is 6.92 Å². The van der Waals surface area contributed by atoms with Crippen LogP contribution in [0.4, 0.5) is 11.4 Å². The highest BCUT2D eigenvalue weighted by Gasteiger charge is 2.15. The summed E-state index contributed by atoms with van der Waals surface area (Å²) in [6, 6.07) is 16.8. The van der Waals surface area contributed by atoms with E-state index in [1.54, 1.807) is 55.5 Å². The third-order valence-corrected chi connectivity index (χ3v) is 4.76. The lowest BCUT2D eigenvalue weighted by molar-refractivity contribution is -0.140. The zero-order valence-corrected chi connectivity index (χ0v) is 18.4. The van der Waals surface area contributed by atoms with Gasteiger partial charge in [-0.3, -0.25) is 4.79 Å². The highest BCUT2D eigenvalue weighted by molar-refractivity contribution is 6.31. The number of rotatable bonds is 7. The SMILES string of the molecule is C=C(C)C(=O)OCc1cc(C)cc(/N=N/c2ccc(Cl)cc2C(=O)c2ccccc2)c1O. The van der Waals surface area contributed by atoms with E-state index in [0.717, 1.165) is 5.56 Å². The molecule has 3 aromatic carbocycles. The Morgan fingerprint density at radius 3 is 2.41 bits per heavy atom. The second-order valence-corrected chi connectivity index (χ2v) is 7.64. The predicted octanol–water partition coefficient (Wildman–Crippen LogP) is 6.62. The van der Waals surface area contributed by atoms with Crippen molar-refractivity contribution in [2.75, 3.05) is 0 Å². The van der Waals surface area contributed by atoms with Gasteiger partial charge in [0.05, 0.1) is 11.3 Å². The summed E-state index contributed by atoms with van der Waals surface area (Å²) in [6.45, 7) is 6.75. The number of carbonyl (C=O) groups is 2. The van der Waals surface area contributed by atoms with Gasteiger partial charge in [0.1, 0.15) is 18.0 Å². The van der Waals surface area contributed by atoms with Crippen LogP contribution >= 0.6 is 11.6 Å². The van der Waals surface area contributed by atoms with Gasteiger partial charge in [-0.05, 0) is 49.7 Å². The minimum atomic E-state index is -0.556. The first kappa shape index (κ1) is 22.9. The lowest BCUT2D eigenvalue weighted by atomic mass is 10.0. The Bertz CT molecular complexity index is 1220. The van der Waals surface area contributed by atoms with Crippen molar-refractivity contribution in [1.82, 2.24) is 0 Å². The first-order chi connectivity index (χ1) is 15.3. The second kappa shape index (κ2) is 10.0. The molecular formula is C25H21ClN2O4. The average molecular weight is 449 g/mol. The number of phenols is 1. The first-order valence-electron chi connectivity index (χ1n) is 9.72. The summed E-state index contributed by atoms with van der Waals surface area (Å²) < 4.78 is 5.13. The molecule has 32 heavy (non-hydrogen) atoms. The lowest BCUT2D eigenvalue weighted by Crippen LogP contribution is -2.05. The Kier molecular flexibility index (Phi) is 7.18. The smallest absolute Gasteiger partial charge is 0.333 e. The molecule has 0 aromatic heterocycles. The van der Waals surface area contributed by atoms with E-state index in [2.05, 4.69) is 16.8 Å². The molecule has 0 heterocycles. The van der Waals surface area contributed by atoms with Crippen molar-refractivity contribution >= 4 is 34.7 Å². The average Bonchev–Trinajstić information content (AvgIpc) is 2.78. The molecule has 1 N–H and O–H groups in total. The molecule has 0 radical (unpaired) electrons. The van der Waals surface area contributed by atoms with Crippen molar-refractivity contribution < 1.29 is 19.4 Å². The summed E-state index contributed by atoms with van der Waals surface area (Å²) in [6.07, 6.45) is 0. The van der Waals surface area contributed by atoms with Crippen molar-refractivity contribution in [1.29, 1.82) is 0 Å². The molecule has 0 aliphatic rings. The Labute approximate surface area is 190 Å². The molecule has 0 aliphatic carbocycles. The maximum absolute atomic E-state index is 12.9. The highest BCUT2D eigenvalue weighted by atomic mass is 35.5. The fourth-order valence-corrected chi connectivity index (χ4v) is 3.09. The number of aryl methyl sites for hydroxylation is 1. The largest absolute Gasteiger partial charge is 0.505 e. The number of carbonyl (C=O) groups excluding carboxylic acids is 2. The van der Waals surface area contributed by atoms with Crippen LogP contribution in [0.5, 0.6) is 5.75 Å². The van der Waals surface area contributed by atoms with Gasteiger partial charge in [0.15, 0.2) is 5.78 Å². The second-order valence-electron chi connectivity index (χ2n) is 7.20. The molecule has 0 aliphatic heterocycles. The fourth-order valence-electron chi connectivity index (χ4n) is 2.92. The maximum Gasteiger partial charge on any atom is 0.333 e. The number of phenolic OH excluding ortho intramolecular Hbond substituents is 1. The van der Waals surface area contributed by atoms with Gasteiger partial charge in [-0.25, -0.2) is 4.79 Å². The van der Waals surface area contributed by atoms with E-state index in [-0.39, 0.29) is 35.0 Å². The summed E-state index contributed by atoms with van der Waals surface area (Å²) in [7, 11) is 0. The molecule has 0 bridgehead atoms. The molecular weight excluding hydrogens is 428 g/mol. The fraction of sp³-hybridized carbons (Fsp3) is 0.120. The number of nitrogens with zero attached hydrogens (tertiary/aromatic N) is 2. The van der Waals surface area contributed by atoms with Crippen LogP contribution in [0.1, 0.15) is 34.0 Å². The normalized spacial score (nSPS) is 10.8. The first-order valence-corrected chi connectivity index (χ1v) is 10.1. The molecule has 0 amide bonds. The zero-order valence-electron chi connectivity index (χ0n) is 17.6. The van der Waals surface area contributed by atoms with E-state index in [4.69, 9.17) is 16.3 Å². The van der Waals surface area contributed by atoms with Gasteiger partial charge in [-0.2, -0.15) is 0 Å². The zero-order chi connectivity index (χ0) is 23.3. The molecule has 3 aromatic rings. The van der Waals surface area contributed by atoms with Crippen molar-refractivity contribution in [2.24, 2.45) is 10.2 Å². The summed E-state index contributed by atoms with van der Waals surface area (Å²) >= 11 is 6.10. The van der Waals surface area contributed by atoms with Gasteiger partial charge in [-0.15, -0.1) is 10.2 Å². The van der Waals surface area contributed by atoms with E-state index in [9.17, 15) is 14.7 Å². The van der Waals surface area contributed by atoms with Gasteiger partial charge in [0, 0.05) is 21.7 Å². The molecule has 0 unspecified atom stereocenters. The van der Waals surface area contributed by atoms with Gasteiger partial charge < -0.3 is 9.84 Å². The van der Waals surface area contributed by atoms with E-state index >= 15 is 0 Å². The quantitative estimate of drug-likeness (QED) is 0.190. The van der Waals surface area contributed by atoms with Crippen LogP contribution in [0.3, 0.4) is 0 Å². The Morgan fingerprint density at radius 1 is 1.03 bits per heavy atom. The van der Waals surface area contributed by atoms with Crippen molar-refractivity contribution in [3.63, 3.8) is 0 Å². The molecule has 0 saturated heterocycles. The van der Waals surface area contributed by atoms with Crippen LogP contribution in [0.2, 0.25) is 5.02 Å². The summed E-state index contributed by atoms with van der Waals surface area (Å²) in [5, 5.41) is 19.3. The molecule has 3 rings (SSSR count). The minimum absolute atomic E-state index is 0.138. The lowest BCUT2D eigenvalue weighted by Gasteiger charge is -2.10. The van der Waals surface area contributed by atoms with E-state index < -0.39 is 5.97 Å². The number of ketones is 1. The number of hydrogen-bond donors (Lipinski definition) is 1. The van der Waals surface area contributed by atoms with Crippen LogP contribution in [0.25, 0.3) is 0 Å². The van der Waals surface area contributed by atoms with Gasteiger partial charge in [0.25, 0.3) is 0 Å². The highest BCUT2D eigenvalue weighted by Crippen LogP contribution is 2.35. The molecule has 0 fully saturated rings. The third kappa shape index (κ3) is 5.47.